The van der Waals surface area contributed by atoms with Crippen molar-refractivity contribution in [1.29, 1.82) is 0 Å². The van der Waals surface area contributed by atoms with Crippen molar-refractivity contribution < 1.29 is 0 Å². The molecule has 1 aromatic rings. The largest absolute Gasteiger partial charge is 0.338 e. The van der Waals surface area contributed by atoms with Crippen molar-refractivity contribution >= 4 is 5.95 Å². The van der Waals surface area contributed by atoms with Crippen LogP contribution in [0, 0.1) is 0 Å². The molecule has 0 aliphatic carbocycles. The van der Waals surface area contributed by atoms with Crippen LogP contribution in [0.15, 0.2) is 12.4 Å². The molecule has 0 bridgehead atoms. The number of hydrogen-bond donors (Lipinski definition) is 1. The van der Waals surface area contributed by atoms with Gasteiger partial charge in [0.15, 0.2) is 0 Å². The van der Waals surface area contributed by atoms with Crippen LogP contribution in [-0.2, 0) is 6.54 Å². The van der Waals surface area contributed by atoms with E-state index in [9.17, 15) is 0 Å². The van der Waals surface area contributed by atoms with Crippen LogP contribution in [0.25, 0.3) is 0 Å². The molecule has 0 spiro atoms. The summed E-state index contributed by atoms with van der Waals surface area (Å²) < 4.78 is 0. The molecule has 1 aliphatic rings. The van der Waals surface area contributed by atoms with Gasteiger partial charge in [-0.15, -0.1) is 0 Å². The number of aromatic nitrogens is 2. The molecule has 0 aromatic carbocycles. The lowest BCUT2D eigenvalue weighted by Crippen LogP contribution is -2.45. The van der Waals surface area contributed by atoms with Gasteiger partial charge in [-0.05, 0) is 14.1 Å². The SMILES string of the molecule is CNCc1cnc(N2CCN(C)CC2)nc1. The summed E-state index contributed by atoms with van der Waals surface area (Å²) in [4.78, 5) is 13.4. The molecule has 0 amide bonds. The van der Waals surface area contributed by atoms with Crippen LogP contribution in [0.5, 0.6) is 0 Å². The lowest BCUT2D eigenvalue weighted by atomic mass is 10.3. The second-order valence-electron chi connectivity index (χ2n) is 4.21. The molecule has 1 N–H and O–H groups in total. The molecule has 5 nitrogen and oxygen atoms in total. The van der Waals surface area contributed by atoms with Crippen molar-refractivity contribution in [3.63, 3.8) is 0 Å². The molecule has 16 heavy (non-hydrogen) atoms. The zero-order chi connectivity index (χ0) is 11.4. The Hall–Kier alpha value is -1.20. The van der Waals surface area contributed by atoms with Gasteiger partial charge in [-0.3, -0.25) is 0 Å². The average Bonchev–Trinajstić information content (AvgIpc) is 2.32. The smallest absolute Gasteiger partial charge is 0.225 e. The summed E-state index contributed by atoms with van der Waals surface area (Å²) in [5, 5.41) is 3.09. The van der Waals surface area contributed by atoms with Crippen molar-refractivity contribution in [2.75, 3.05) is 45.2 Å². The van der Waals surface area contributed by atoms with E-state index < -0.39 is 0 Å². The van der Waals surface area contributed by atoms with Crippen molar-refractivity contribution in [3.8, 4) is 0 Å². The number of rotatable bonds is 3. The molecule has 1 fully saturated rings. The number of piperazine rings is 1. The molecular formula is C11H19N5. The third kappa shape index (κ3) is 2.68. The molecule has 0 radical (unpaired) electrons. The molecule has 1 aromatic heterocycles. The van der Waals surface area contributed by atoms with E-state index in [-0.39, 0.29) is 0 Å². The van der Waals surface area contributed by atoms with Crippen molar-refractivity contribution in [2.24, 2.45) is 0 Å². The minimum absolute atomic E-state index is 0.822. The number of hydrogen-bond acceptors (Lipinski definition) is 5. The summed E-state index contributed by atoms with van der Waals surface area (Å²) in [6.45, 7) is 5.02. The maximum Gasteiger partial charge on any atom is 0.225 e. The molecule has 0 saturated carbocycles. The molecule has 2 rings (SSSR count). The van der Waals surface area contributed by atoms with E-state index in [2.05, 4.69) is 32.1 Å². The van der Waals surface area contributed by atoms with E-state index in [1.54, 1.807) is 0 Å². The minimum atomic E-state index is 0.822. The van der Waals surface area contributed by atoms with Crippen molar-refractivity contribution in [2.45, 2.75) is 6.54 Å². The summed E-state index contributed by atoms with van der Waals surface area (Å²) in [6.07, 6.45) is 3.80. The molecule has 1 aliphatic heterocycles. The van der Waals surface area contributed by atoms with Crippen LogP contribution in [0.4, 0.5) is 5.95 Å². The molecule has 88 valence electrons. The zero-order valence-electron chi connectivity index (χ0n) is 9.98. The summed E-state index contributed by atoms with van der Waals surface area (Å²) in [5.74, 6) is 0.855. The third-order valence-electron chi connectivity index (χ3n) is 2.86. The van der Waals surface area contributed by atoms with Crippen LogP contribution < -0.4 is 10.2 Å². The molecule has 0 atom stereocenters. The predicted octanol–water partition coefficient (Wildman–Crippen LogP) is -0.0522. The fraction of sp³-hybridized carbons (Fsp3) is 0.636. The standard InChI is InChI=1S/C11H19N5/c1-12-7-10-8-13-11(14-9-10)16-5-3-15(2)4-6-16/h8-9,12H,3-7H2,1-2H3. The van der Waals surface area contributed by atoms with Crippen molar-refractivity contribution in [3.05, 3.63) is 18.0 Å². The summed E-state index contributed by atoms with van der Waals surface area (Å²) in [6, 6.07) is 0. The van der Waals surface area contributed by atoms with Gasteiger partial charge >= 0.3 is 0 Å². The van der Waals surface area contributed by atoms with E-state index in [1.165, 1.54) is 0 Å². The van der Waals surface area contributed by atoms with Crippen LogP contribution in [0.2, 0.25) is 0 Å². The first-order valence-corrected chi connectivity index (χ1v) is 5.68. The van der Waals surface area contributed by atoms with Gasteiger partial charge in [0.2, 0.25) is 5.95 Å². The van der Waals surface area contributed by atoms with Crippen LogP contribution >= 0.6 is 0 Å². The maximum absolute atomic E-state index is 4.40. The fourth-order valence-electron chi connectivity index (χ4n) is 1.81. The van der Waals surface area contributed by atoms with Gasteiger partial charge < -0.3 is 15.1 Å². The molecule has 0 unspecified atom stereocenters. The second-order valence-corrected chi connectivity index (χ2v) is 4.21. The zero-order valence-corrected chi connectivity index (χ0v) is 9.98. The Balaban J connectivity index is 1.98. The van der Waals surface area contributed by atoms with Crippen LogP contribution in [0.3, 0.4) is 0 Å². The Morgan fingerprint density at radius 1 is 1.19 bits per heavy atom. The highest BCUT2D eigenvalue weighted by Gasteiger charge is 2.15. The molecular weight excluding hydrogens is 202 g/mol. The van der Waals surface area contributed by atoms with Gasteiger partial charge in [-0.1, -0.05) is 0 Å². The van der Waals surface area contributed by atoms with Gasteiger partial charge in [0.1, 0.15) is 0 Å². The Bertz CT molecular complexity index is 316. The lowest BCUT2D eigenvalue weighted by molar-refractivity contribution is 0.311. The van der Waals surface area contributed by atoms with Gasteiger partial charge in [0, 0.05) is 50.7 Å². The first-order valence-electron chi connectivity index (χ1n) is 5.68. The third-order valence-corrected chi connectivity index (χ3v) is 2.86. The topological polar surface area (TPSA) is 44.3 Å². The van der Waals surface area contributed by atoms with Gasteiger partial charge in [-0.25, -0.2) is 9.97 Å². The maximum atomic E-state index is 4.40. The average molecular weight is 221 g/mol. The van der Waals surface area contributed by atoms with Crippen molar-refractivity contribution in [1.82, 2.24) is 20.2 Å². The second kappa shape index (κ2) is 5.23. The van der Waals surface area contributed by atoms with Gasteiger partial charge in [0.25, 0.3) is 0 Å². The molecule has 1 saturated heterocycles. The van der Waals surface area contributed by atoms with E-state index in [0.29, 0.717) is 0 Å². The Kier molecular flexibility index (Phi) is 3.69. The highest BCUT2D eigenvalue weighted by atomic mass is 15.3. The monoisotopic (exact) mass is 221 g/mol. The number of anilines is 1. The number of nitrogens with zero attached hydrogens (tertiary/aromatic N) is 4. The fourth-order valence-corrected chi connectivity index (χ4v) is 1.81. The summed E-state index contributed by atoms with van der Waals surface area (Å²) >= 11 is 0. The van der Waals surface area contributed by atoms with Crippen LogP contribution in [0.1, 0.15) is 5.56 Å². The highest BCUT2D eigenvalue weighted by Crippen LogP contribution is 2.09. The normalized spacial score (nSPS) is 17.8. The Morgan fingerprint density at radius 2 is 1.81 bits per heavy atom. The van der Waals surface area contributed by atoms with Gasteiger partial charge in [0.05, 0.1) is 0 Å². The Labute approximate surface area is 96.5 Å². The van der Waals surface area contributed by atoms with E-state index >= 15 is 0 Å². The quantitative estimate of drug-likeness (QED) is 0.775. The van der Waals surface area contributed by atoms with Crippen LogP contribution in [-0.4, -0.2) is 55.1 Å². The van der Waals surface area contributed by atoms with E-state index in [0.717, 1.165) is 44.2 Å². The lowest BCUT2D eigenvalue weighted by Gasteiger charge is -2.32. The summed E-state index contributed by atoms with van der Waals surface area (Å²) in [7, 11) is 4.07. The van der Waals surface area contributed by atoms with E-state index in [4.69, 9.17) is 0 Å². The highest BCUT2D eigenvalue weighted by molar-refractivity contribution is 5.30. The minimum Gasteiger partial charge on any atom is -0.338 e. The molecule has 2 heterocycles. The number of nitrogens with one attached hydrogen (secondary N) is 1. The Morgan fingerprint density at radius 3 is 2.38 bits per heavy atom. The first kappa shape index (κ1) is 11.3. The first-order chi connectivity index (χ1) is 7.79. The van der Waals surface area contributed by atoms with E-state index in [1.807, 2.05) is 19.4 Å². The molecule has 5 heteroatoms. The predicted molar refractivity (Wildman–Crippen MR) is 64.5 cm³/mol. The number of likely N-dealkylation sites (N-methyl/N-ethyl adjacent to an activating group) is 1. The summed E-state index contributed by atoms with van der Waals surface area (Å²) in [5.41, 5.74) is 1.13. The van der Waals surface area contributed by atoms with Gasteiger partial charge in [-0.2, -0.15) is 0 Å².